The van der Waals surface area contributed by atoms with Crippen molar-refractivity contribution in [1.82, 2.24) is 29.5 Å². The lowest BCUT2D eigenvalue weighted by atomic mass is 9.83. The second kappa shape index (κ2) is 17.6. The van der Waals surface area contributed by atoms with E-state index < -0.39 is 9.84 Å². The van der Waals surface area contributed by atoms with Gasteiger partial charge in [-0.15, -0.1) is 0 Å². The van der Waals surface area contributed by atoms with Crippen LogP contribution in [0.2, 0.25) is 0 Å². The van der Waals surface area contributed by atoms with Crippen molar-refractivity contribution < 1.29 is 31.5 Å². The standard InChI is InChI=1S/C26H30FN3O3S.C23H25FN4O2/c1-26(2,16-33-3)25-22(12-17-8-10-34(31,32)11-9-17)21-14-23-18(15-28-29-23)13-24(21)30(25)20-6-4-19(27)5-7-20;1-23(2,13-30-3)22-17(8-9-21(25)29)18-11-19-14(12-26-27-19)10-20(18)28(22)16-6-4-15(24)5-7-16/h4-7,13-15,17H,8-12,16H2,1-3H3,(H,28,29);4-7,10-12H,8-9,13H2,1-3H3,(H2,25,29)(H,26,27). The summed E-state index contributed by atoms with van der Waals surface area (Å²) >= 11 is 0. The summed E-state index contributed by atoms with van der Waals surface area (Å²) in [5.74, 6) is -0.148. The topological polar surface area (TPSA) is 163 Å². The van der Waals surface area contributed by atoms with Crippen LogP contribution in [-0.4, -0.2) is 82.8 Å². The van der Waals surface area contributed by atoms with Crippen LogP contribution < -0.4 is 5.73 Å². The molecular weight excluding hydrogens is 837 g/mol. The van der Waals surface area contributed by atoms with Gasteiger partial charge in [0.1, 0.15) is 21.5 Å². The number of aromatic nitrogens is 6. The summed E-state index contributed by atoms with van der Waals surface area (Å²) in [4.78, 5) is 11.6. The SMILES string of the molecule is COCC(C)(C)c1c(CC2CCS(=O)(=O)CC2)c2cc3[nH]ncc3cc2n1-c1ccc(F)cc1.COCC(C)(C)c1c(CCC(N)=O)c2cc3[nH]ncc3cc2n1-c1ccc(F)cc1. The summed E-state index contributed by atoms with van der Waals surface area (Å²) in [6.07, 6.45) is 6.44. The number of halogens is 2. The van der Waals surface area contributed by atoms with Crippen molar-refractivity contribution in [2.24, 2.45) is 11.7 Å². The molecule has 1 amide bonds. The molecule has 1 saturated heterocycles. The zero-order valence-corrected chi connectivity index (χ0v) is 37.9. The van der Waals surface area contributed by atoms with Crippen molar-refractivity contribution in [3.8, 4) is 11.4 Å². The van der Waals surface area contributed by atoms with Crippen LogP contribution in [0.25, 0.3) is 55.0 Å². The third-order valence-corrected chi connectivity index (χ3v) is 14.2. The Labute approximate surface area is 371 Å². The maximum absolute atomic E-state index is 13.8. The first-order valence-corrected chi connectivity index (χ1v) is 23.3. The molecule has 0 bridgehead atoms. The second-order valence-corrected chi connectivity index (χ2v) is 20.6. The van der Waals surface area contributed by atoms with E-state index >= 15 is 0 Å². The normalized spacial score (nSPS) is 14.8. The van der Waals surface area contributed by atoms with E-state index in [1.54, 1.807) is 44.7 Å². The van der Waals surface area contributed by atoms with Crippen LogP contribution in [-0.2, 0) is 47.8 Å². The number of hydrogen-bond donors (Lipinski definition) is 3. The molecule has 1 aliphatic heterocycles. The van der Waals surface area contributed by atoms with Crippen molar-refractivity contribution in [2.75, 3.05) is 38.9 Å². The van der Waals surface area contributed by atoms with E-state index in [4.69, 9.17) is 15.2 Å². The van der Waals surface area contributed by atoms with E-state index in [9.17, 15) is 22.0 Å². The highest BCUT2D eigenvalue weighted by atomic mass is 32.2. The molecule has 0 spiro atoms. The first kappa shape index (κ1) is 44.7. The number of H-pyrrole nitrogens is 2. The number of amides is 1. The molecule has 12 nitrogen and oxygen atoms in total. The Hall–Kier alpha value is -5.90. The molecule has 15 heteroatoms. The minimum absolute atomic E-state index is 0.236. The molecule has 0 radical (unpaired) electrons. The number of fused-ring (bicyclic) bond motifs is 4. The lowest BCUT2D eigenvalue weighted by Crippen LogP contribution is -2.29. The first-order valence-electron chi connectivity index (χ1n) is 21.5. The number of nitrogens with zero attached hydrogens (tertiary/aromatic N) is 4. The number of aromatic amines is 2. The summed E-state index contributed by atoms with van der Waals surface area (Å²) < 4.78 is 67.1. The molecule has 0 unspecified atom stereocenters. The van der Waals surface area contributed by atoms with Crippen LogP contribution in [0.5, 0.6) is 0 Å². The van der Waals surface area contributed by atoms with Crippen molar-refractivity contribution in [3.63, 3.8) is 0 Å². The number of methoxy groups -OCH3 is 2. The second-order valence-electron chi connectivity index (χ2n) is 18.3. The smallest absolute Gasteiger partial charge is 0.217 e. The number of hydrogen-bond acceptors (Lipinski definition) is 7. The monoisotopic (exact) mass is 891 g/mol. The average molecular weight is 892 g/mol. The Balaban J connectivity index is 0.000000176. The summed E-state index contributed by atoms with van der Waals surface area (Å²) in [7, 11) is 0.438. The van der Waals surface area contributed by atoms with Gasteiger partial charge in [-0.3, -0.25) is 15.0 Å². The Morgan fingerprint density at radius 3 is 1.61 bits per heavy atom. The molecule has 64 heavy (non-hydrogen) atoms. The molecule has 4 N–H and O–H groups in total. The Morgan fingerprint density at radius 2 is 1.17 bits per heavy atom. The van der Waals surface area contributed by atoms with Gasteiger partial charge in [0.05, 0.1) is 59.2 Å². The molecule has 336 valence electrons. The highest BCUT2D eigenvalue weighted by Crippen LogP contribution is 2.42. The molecule has 1 fully saturated rings. The predicted octanol–water partition coefficient (Wildman–Crippen LogP) is 8.93. The van der Waals surface area contributed by atoms with E-state index in [1.807, 2.05) is 6.20 Å². The maximum atomic E-state index is 13.8. The van der Waals surface area contributed by atoms with E-state index in [0.29, 0.717) is 32.5 Å². The minimum Gasteiger partial charge on any atom is -0.384 e. The molecule has 0 saturated carbocycles. The molecule has 0 aliphatic carbocycles. The lowest BCUT2D eigenvalue weighted by molar-refractivity contribution is -0.118. The Kier molecular flexibility index (Phi) is 12.3. The van der Waals surface area contributed by atoms with E-state index in [1.165, 1.54) is 29.8 Å². The summed E-state index contributed by atoms with van der Waals surface area (Å²) in [5.41, 5.74) is 14.7. The zero-order chi connectivity index (χ0) is 45.6. The molecule has 5 heterocycles. The largest absolute Gasteiger partial charge is 0.384 e. The number of primary amides is 1. The molecule has 4 aromatic heterocycles. The van der Waals surface area contributed by atoms with Gasteiger partial charge < -0.3 is 24.3 Å². The van der Waals surface area contributed by atoms with Crippen LogP contribution in [0.15, 0.2) is 85.2 Å². The number of ether oxygens (including phenoxy) is 2. The number of nitrogens with two attached hydrogens (primary N) is 1. The zero-order valence-electron chi connectivity index (χ0n) is 37.1. The van der Waals surface area contributed by atoms with Crippen LogP contribution in [0.4, 0.5) is 8.78 Å². The van der Waals surface area contributed by atoms with Crippen molar-refractivity contribution in [2.45, 2.75) is 70.6 Å². The van der Waals surface area contributed by atoms with Crippen molar-refractivity contribution in [3.05, 3.63) is 119 Å². The number of carbonyl (C=O) groups excluding carboxylic acids is 1. The van der Waals surface area contributed by atoms with Gasteiger partial charge in [0, 0.05) is 75.8 Å². The van der Waals surface area contributed by atoms with Gasteiger partial charge in [0.15, 0.2) is 0 Å². The van der Waals surface area contributed by atoms with Crippen LogP contribution in [0.3, 0.4) is 0 Å². The molecular formula is C49H55F2N7O5S. The molecule has 4 aromatic carbocycles. The number of aryl methyl sites for hydroxylation is 1. The van der Waals surface area contributed by atoms with Gasteiger partial charge in [0.2, 0.25) is 5.91 Å². The van der Waals surface area contributed by atoms with Crippen LogP contribution in [0, 0.1) is 17.6 Å². The predicted molar refractivity (Wildman–Crippen MR) is 248 cm³/mol. The number of carbonyl (C=O) groups is 1. The van der Waals surface area contributed by atoms with Gasteiger partial charge >= 0.3 is 0 Å². The number of sulfone groups is 1. The van der Waals surface area contributed by atoms with E-state index in [-0.39, 0.29) is 52.2 Å². The fourth-order valence-electron chi connectivity index (χ4n) is 9.72. The van der Waals surface area contributed by atoms with E-state index in [2.05, 4.69) is 81.5 Å². The number of nitrogens with one attached hydrogen (secondary N) is 2. The number of rotatable bonds is 13. The quantitative estimate of drug-likeness (QED) is 0.104. The van der Waals surface area contributed by atoms with Gasteiger partial charge in [0.25, 0.3) is 0 Å². The van der Waals surface area contributed by atoms with Crippen molar-refractivity contribution in [1.29, 1.82) is 0 Å². The highest BCUT2D eigenvalue weighted by molar-refractivity contribution is 7.91. The van der Waals surface area contributed by atoms with Gasteiger partial charge in [-0.05, 0) is 116 Å². The lowest BCUT2D eigenvalue weighted by Gasteiger charge is -2.30. The molecule has 9 rings (SSSR count). The average Bonchev–Trinajstić information content (AvgIpc) is 4.04. The molecule has 8 aromatic rings. The van der Waals surface area contributed by atoms with E-state index in [0.717, 1.165) is 78.4 Å². The fourth-order valence-corrected chi connectivity index (χ4v) is 11.3. The first-order chi connectivity index (χ1) is 30.5. The third-order valence-electron chi connectivity index (χ3n) is 12.5. The molecule has 0 atom stereocenters. The summed E-state index contributed by atoms with van der Waals surface area (Å²) in [6, 6.07) is 21.4. The maximum Gasteiger partial charge on any atom is 0.217 e. The van der Waals surface area contributed by atoms with Crippen LogP contribution in [0.1, 0.15) is 69.5 Å². The Bertz CT molecular complexity index is 3080. The van der Waals surface area contributed by atoms with Gasteiger partial charge in [-0.25, -0.2) is 17.2 Å². The summed E-state index contributed by atoms with van der Waals surface area (Å²) in [6.45, 7) is 9.52. The minimum atomic E-state index is -2.93. The Morgan fingerprint density at radius 1 is 0.734 bits per heavy atom. The van der Waals surface area contributed by atoms with Gasteiger partial charge in [-0.1, -0.05) is 27.7 Å². The summed E-state index contributed by atoms with van der Waals surface area (Å²) in [5, 5.41) is 18.5. The number of benzene rings is 4. The third kappa shape index (κ3) is 8.80. The highest BCUT2D eigenvalue weighted by Gasteiger charge is 2.35. The van der Waals surface area contributed by atoms with Crippen LogP contribution >= 0.6 is 0 Å². The van der Waals surface area contributed by atoms with Crippen molar-refractivity contribution >= 4 is 59.4 Å². The molecule has 1 aliphatic rings. The fraction of sp³-hybridized carbons (Fsp3) is 0.367. The van der Waals surface area contributed by atoms with Gasteiger partial charge in [-0.2, -0.15) is 10.2 Å².